The first-order valence-electron chi connectivity index (χ1n) is 10.0. The summed E-state index contributed by atoms with van der Waals surface area (Å²) >= 11 is 0. The molecule has 0 bridgehead atoms. The van der Waals surface area contributed by atoms with Crippen LogP contribution < -0.4 is 5.32 Å². The van der Waals surface area contributed by atoms with Crippen LogP contribution in [-0.4, -0.2) is 15.9 Å². The van der Waals surface area contributed by atoms with E-state index < -0.39 is 0 Å². The number of hydrogen-bond donors (Lipinski definition) is 1. The molecule has 0 saturated heterocycles. The molecule has 0 aliphatic heterocycles. The Morgan fingerprint density at radius 3 is 2.73 bits per heavy atom. The average Bonchev–Trinajstić information content (AvgIpc) is 2.68. The number of anilines is 1. The summed E-state index contributed by atoms with van der Waals surface area (Å²) in [6.07, 6.45) is 9.45. The fraction of sp³-hybridized carbons (Fsp3) is 0.500. The first-order chi connectivity index (χ1) is 12.7. The Kier molecular flexibility index (Phi) is 5.00. The number of carbonyl (C=O) groups is 1. The van der Waals surface area contributed by atoms with E-state index in [-0.39, 0.29) is 5.91 Å². The van der Waals surface area contributed by atoms with Crippen LogP contribution >= 0.6 is 0 Å². The standard InChI is InChI=1S/C22H27N3O/c1-2-18-22(25-20(26)14-15-8-4-3-5-9-15)24-19-13-12-16-10-6-7-11-17(16)21(19)23-18/h6-7,10-11,15H,2-5,8-9,12-14H2,1H3,(H,24,25,26). The normalized spacial score (nSPS) is 16.7. The number of aryl methyl sites for hydroxylation is 3. The van der Waals surface area contributed by atoms with Gasteiger partial charge in [-0.1, -0.05) is 50.5 Å². The minimum absolute atomic E-state index is 0.0945. The predicted molar refractivity (Wildman–Crippen MR) is 104 cm³/mol. The Morgan fingerprint density at radius 2 is 1.92 bits per heavy atom. The van der Waals surface area contributed by atoms with Gasteiger partial charge in [0.05, 0.1) is 17.1 Å². The van der Waals surface area contributed by atoms with Gasteiger partial charge >= 0.3 is 0 Å². The number of amides is 1. The van der Waals surface area contributed by atoms with Gasteiger partial charge in [0, 0.05) is 12.0 Å². The summed E-state index contributed by atoms with van der Waals surface area (Å²) in [6, 6.07) is 8.44. The summed E-state index contributed by atoms with van der Waals surface area (Å²) in [5.74, 6) is 1.30. The average molecular weight is 349 g/mol. The molecule has 1 saturated carbocycles. The summed E-state index contributed by atoms with van der Waals surface area (Å²) in [7, 11) is 0. The van der Waals surface area contributed by atoms with Gasteiger partial charge in [0.1, 0.15) is 0 Å². The third kappa shape index (κ3) is 3.50. The van der Waals surface area contributed by atoms with Crippen molar-refractivity contribution in [1.29, 1.82) is 0 Å². The molecule has 4 nitrogen and oxygen atoms in total. The lowest BCUT2D eigenvalue weighted by molar-refractivity contribution is -0.117. The van der Waals surface area contributed by atoms with Gasteiger partial charge in [-0.2, -0.15) is 0 Å². The molecule has 0 spiro atoms. The van der Waals surface area contributed by atoms with Gasteiger partial charge in [-0.25, -0.2) is 9.97 Å². The first kappa shape index (κ1) is 17.2. The second-order valence-electron chi connectivity index (χ2n) is 7.58. The number of fused-ring (bicyclic) bond motifs is 3. The number of aromatic nitrogens is 2. The van der Waals surface area contributed by atoms with Crippen molar-refractivity contribution >= 4 is 11.7 Å². The third-order valence-electron chi connectivity index (χ3n) is 5.74. The highest BCUT2D eigenvalue weighted by Gasteiger charge is 2.22. The fourth-order valence-corrected chi connectivity index (χ4v) is 4.30. The molecule has 1 heterocycles. The van der Waals surface area contributed by atoms with E-state index in [2.05, 4.69) is 36.5 Å². The van der Waals surface area contributed by atoms with E-state index in [0.29, 0.717) is 18.2 Å². The third-order valence-corrected chi connectivity index (χ3v) is 5.74. The van der Waals surface area contributed by atoms with Crippen molar-refractivity contribution in [3.05, 3.63) is 41.2 Å². The Bertz CT molecular complexity index is 809. The highest BCUT2D eigenvalue weighted by Crippen LogP contribution is 2.33. The minimum atomic E-state index is 0.0945. The molecule has 136 valence electrons. The number of nitrogens with zero attached hydrogens (tertiary/aromatic N) is 2. The predicted octanol–water partition coefficient (Wildman–Crippen LogP) is 4.71. The molecule has 1 aromatic heterocycles. The van der Waals surface area contributed by atoms with Gasteiger partial charge in [0.25, 0.3) is 0 Å². The van der Waals surface area contributed by atoms with Gasteiger partial charge in [-0.3, -0.25) is 4.79 Å². The maximum atomic E-state index is 12.5. The van der Waals surface area contributed by atoms with Crippen LogP contribution in [0.4, 0.5) is 5.82 Å². The number of rotatable bonds is 4. The molecule has 2 aliphatic rings. The molecule has 4 heteroatoms. The van der Waals surface area contributed by atoms with Gasteiger partial charge in [-0.15, -0.1) is 0 Å². The van der Waals surface area contributed by atoms with Crippen molar-refractivity contribution in [2.45, 2.75) is 64.7 Å². The van der Waals surface area contributed by atoms with E-state index in [9.17, 15) is 4.79 Å². The molecule has 1 aromatic carbocycles. The van der Waals surface area contributed by atoms with Crippen LogP contribution in [-0.2, 0) is 24.1 Å². The zero-order valence-corrected chi connectivity index (χ0v) is 15.6. The first-order valence-corrected chi connectivity index (χ1v) is 10.0. The maximum Gasteiger partial charge on any atom is 0.225 e. The summed E-state index contributed by atoms with van der Waals surface area (Å²) in [5, 5.41) is 3.07. The highest BCUT2D eigenvalue weighted by atomic mass is 16.1. The topological polar surface area (TPSA) is 54.9 Å². The molecule has 1 N–H and O–H groups in total. The lowest BCUT2D eigenvalue weighted by atomic mass is 9.87. The van der Waals surface area contributed by atoms with Gasteiger partial charge in [0.2, 0.25) is 5.91 Å². The van der Waals surface area contributed by atoms with E-state index in [1.165, 1.54) is 43.2 Å². The molecule has 1 fully saturated rings. The van der Waals surface area contributed by atoms with Crippen molar-refractivity contribution in [1.82, 2.24) is 9.97 Å². The zero-order chi connectivity index (χ0) is 17.9. The number of hydrogen-bond acceptors (Lipinski definition) is 3. The SMILES string of the molecule is CCc1nc2c(nc1NC(=O)CC1CCCCC1)CCc1ccccc1-2. The summed E-state index contributed by atoms with van der Waals surface area (Å²) in [4.78, 5) is 22.3. The Labute approximate surface area is 155 Å². The Hall–Kier alpha value is -2.23. The second-order valence-corrected chi connectivity index (χ2v) is 7.58. The lowest BCUT2D eigenvalue weighted by Gasteiger charge is -2.22. The van der Waals surface area contributed by atoms with E-state index in [1.807, 2.05) is 0 Å². The van der Waals surface area contributed by atoms with Gasteiger partial charge in [-0.05, 0) is 43.6 Å². The smallest absolute Gasteiger partial charge is 0.225 e. The van der Waals surface area contributed by atoms with Gasteiger partial charge in [0.15, 0.2) is 5.82 Å². The van der Waals surface area contributed by atoms with Gasteiger partial charge < -0.3 is 5.32 Å². The van der Waals surface area contributed by atoms with E-state index >= 15 is 0 Å². The summed E-state index contributed by atoms with van der Waals surface area (Å²) in [5.41, 5.74) is 5.42. The quantitative estimate of drug-likeness (QED) is 0.869. The van der Waals surface area contributed by atoms with Crippen LogP contribution in [0.25, 0.3) is 11.3 Å². The Morgan fingerprint density at radius 1 is 1.12 bits per heavy atom. The monoisotopic (exact) mass is 349 g/mol. The van der Waals surface area contributed by atoms with Crippen molar-refractivity contribution in [3.63, 3.8) is 0 Å². The molecule has 0 atom stereocenters. The zero-order valence-electron chi connectivity index (χ0n) is 15.6. The maximum absolute atomic E-state index is 12.5. The van der Waals surface area contributed by atoms with Crippen molar-refractivity contribution in [2.24, 2.45) is 5.92 Å². The fourth-order valence-electron chi connectivity index (χ4n) is 4.30. The van der Waals surface area contributed by atoms with Crippen LogP contribution in [0.5, 0.6) is 0 Å². The molecule has 2 aliphatic carbocycles. The van der Waals surface area contributed by atoms with E-state index in [4.69, 9.17) is 9.97 Å². The molecule has 0 unspecified atom stereocenters. The minimum Gasteiger partial charge on any atom is -0.309 e. The number of nitrogens with one attached hydrogen (secondary N) is 1. The van der Waals surface area contributed by atoms with E-state index in [0.717, 1.165) is 36.3 Å². The van der Waals surface area contributed by atoms with Crippen molar-refractivity contribution in [3.8, 4) is 11.3 Å². The van der Waals surface area contributed by atoms with Crippen molar-refractivity contribution in [2.75, 3.05) is 5.32 Å². The number of benzene rings is 1. The molecular formula is C22H27N3O. The molecule has 4 rings (SSSR count). The van der Waals surface area contributed by atoms with Crippen LogP contribution in [0, 0.1) is 5.92 Å². The van der Waals surface area contributed by atoms with Crippen LogP contribution in [0.2, 0.25) is 0 Å². The molecular weight excluding hydrogens is 322 g/mol. The van der Waals surface area contributed by atoms with Crippen LogP contribution in [0.1, 0.15) is 62.4 Å². The summed E-state index contributed by atoms with van der Waals surface area (Å²) in [6.45, 7) is 2.07. The Balaban J connectivity index is 1.57. The lowest BCUT2D eigenvalue weighted by Crippen LogP contribution is -2.21. The van der Waals surface area contributed by atoms with Crippen LogP contribution in [0.3, 0.4) is 0 Å². The largest absolute Gasteiger partial charge is 0.309 e. The summed E-state index contributed by atoms with van der Waals surface area (Å²) < 4.78 is 0. The second kappa shape index (κ2) is 7.56. The highest BCUT2D eigenvalue weighted by molar-refractivity contribution is 5.90. The molecule has 26 heavy (non-hydrogen) atoms. The van der Waals surface area contributed by atoms with Crippen molar-refractivity contribution < 1.29 is 4.79 Å². The van der Waals surface area contributed by atoms with Crippen LogP contribution in [0.15, 0.2) is 24.3 Å². The molecule has 0 radical (unpaired) electrons. The molecule has 2 aromatic rings. The number of carbonyl (C=O) groups excluding carboxylic acids is 1. The molecule has 1 amide bonds. The van der Waals surface area contributed by atoms with E-state index in [1.54, 1.807) is 0 Å².